The third-order valence-corrected chi connectivity index (χ3v) is 7.84. The minimum absolute atomic E-state index is 0. The van der Waals surface area contributed by atoms with Crippen LogP contribution in [0.15, 0.2) is 24.3 Å². The first-order valence-corrected chi connectivity index (χ1v) is 11.2. The molecule has 0 aromatic heterocycles. The molecule has 1 heterocycles. The molecule has 2 aliphatic carbocycles. The number of ether oxygens (including phenoxy) is 1. The lowest BCUT2D eigenvalue weighted by Crippen LogP contribution is -3.00. The Morgan fingerprint density at radius 2 is 1.93 bits per heavy atom. The van der Waals surface area contributed by atoms with Gasteiger partial charge < -0.3 is 27.2 Å². The Labute approximate surface area is 187 Å². The van der Waals surface area contributed by atoms with Crippen LogP contribution in [0.5, 0.6) is 0 Å². The summed E-state index contributed by atoms with van der Waals surface area (Å²) in [4.78, 5) is 4.71. The maximum Gasteiger partial charge on any atom is 0.0900 e. The van der Waals surface area contributed by atoms with Gasteiger partial charge in [-0.15, -0.1) is 0 Å². The zero-order valence-electron chi connectivity index (χ0n) is 17.9. The van der Waals surface area contributed by atoms with E-state index < -0.39 is 6.10 Å². The molecule has 3 aliphatic rings. The zero-order chi connectivity index (χ0) is 19.9. The molecule has 3 fully saturated rings. The zero-order valence-corrected chi connectivity index (χ0v) is 19.4. The van der Waals surface area contributed by atoms with E-state index in [0.717, 1.165) is 37.1 Å². The van der Waals surface area contributed by atoms with E-state index in [4.69, 9.17) is 16.3 Å². The van der Waals surface area contributed by atoms with Gasteiger partial charge in [0.1, 0.15) is 0 Å². The highest BCUT2D eigenvalue weighted by molar-refractivity contribution is 6.30. The second-order valence-corrected chi connectivity index (χ2v) is 10.5. The Kier molecular flexibility index (Phi) is 7.12. The molecule has 2 bridgehead atoms. The van der Waals surface area contributed by atoms with Crippen LogP contribution in [0, 0.1) is 16.7 Å². The number of aliphatic hydroxyl groups is 1. The molecule has 0 spiro atoms. The summed E-state index contributed by atoms with van der Waals surface area (Å²) < 4.78 is 6.36. The van der Waals surface area contributed by atoms with Crippen LogP contribution in [0.3, 0.4) is 0 Å². The number of aliphatic hydroxyl groups excluding tert-OH is 1. The average molecular weight is 442 g/mol. The molecule has 0 amide bonds. The Balaban J connectivity index is 0.00000240. The van der Waals surface area contributed by atoms with Crippen LogP contribution in [0.25, 0.3) is 0 Å². The predicted octanol–water partition coefficient (Wildman–Crippen LogP) is 1.06. The molecular formula is C23H35Cl2N2O2-. The quantitative estimate of drug-likeness (QED) is 0.715. The maximum atomic E-state index is 10.6. The minimum atomic E-state index is -0.420. The molecule has 1 aliphatic heterocycles. The van der Waals surface area contributed by atoms with E-state index >= 15 is 0 Å². The lowest BCUT2D eigenvalue weighted by atomic mass is 9.70. The van der Waals surface area contributed by atoms with E-state index in [-0.39, 0.29) is 23.9 Å². The van der Waals surface area contributed by atoms with Crippen molar-refractivity contribution in [3.8, 4) is 0 Å². The molecule has 29 heavy (non-hydrogen) atoms. The number of rotatable bonds is 6. The summed E-state index contributed by atoms with van der Waals surface area (Å²) in [7, 11) is 0. The number of nitrogens with zero attached hydrogens (tertiary/aromatic N) is 2. The second-order valence-electron chi connectivity index (χ2n) is 10.0. The smallest absolute Gasteiger partial charge is 0.0900 e. The summed E-state index contributed by atoms with van der Waals surface area (Å²) in [6, 6.07) is 8.05. The first-order chi connectivity index (χ1) is 13.3. The third-order valence-electron chi connectivity index (χ3n) is 7.61. The Bertz CT molecular complexity index is 688. The van der Waals surface area contributed by atoms with Gasteiger partial charge in [-0.2, -0.15) is 0 Å². The summed E-state index contributed by atoms with van der Waals surface area (Å²) in [5.41, 5.74) is 1.72. The number of hydrogen-bond donors (Lipinski definition) is 1. The van der Waals surface area contributed by atoms with Gasteiger partial charge in [0.2, 0.25) is 0 Å². The largest absolute Gasteiger partial charge is 1.00 e. The number of halogens is 2. The number of anilines is 1. The fourth-order valence-corrected chi connectivity index (χ4v) is 6.28. The van der Waals surface area contributed by atoms with Crippen molar-refractivity contribution in [1.29, 1.82) is 0 Å². The summed E-state index contributed by atoms with van der Waals surface area (Å²) in [5, 5.41) is 11.4. The monoisotopic (exact) mass is 441 g/mol. The molecule has 4 atom stereocenters. The molecule has 2 saturated carbocycles. The van der Waals surface area contributed by atoms with E-state index in [1.165, 1.54) is 24.9 Å². The van der Waals surface area contributed by atoms with Gasteiger partial charge in [-0.25, -0.2) is 0 Å². The standard InChI is InChI=1S/C23H35ClN2O2.ClH/c1-22(2)17-7-8-23(3,14-17)21(22)28-16-20(27)15-25-9-11-26(12-10-25)19-6-4-5-18(24)13-19;/h4-6,13,17,20-21,27H,7-12,14-16H2,1-3H3;1H/p-1. The van der Waals surface area contributed by atoms with Gasteiger partial charge in [-0.05, 0) is 54.2 Å². The lowest BCUT2D eigenvalue weighted by molar-refractivity contribution is -0.113. The molecule has 1 aromatic rings. The van der Waals surface area contributed by atoms with Crippen LogP contribution in [-0.2, 0) is 4.74 Å². The van der Waals surface area contributed by atoms with E-state index in [2.05, 4.69) is 36.6 Å². The first kappa shape index (κ1) is 23.1. The molecule has 0 radical (unpaired) electrons. The molecule has 4 nitrogen and oxygen atoms in total. The van der Waals surface area contributed by atoms with Crippen LogP contribution in [0.1, 0.15) is 40.0 Å². The van der Waals surface area contributed by atoms with Crippen LogP contribution >= 0.6 is 11.6 Å². The number of benzene rings is 1. The van der Waals surface area contributed by atoms with Gasteiger partial charge in [-0.1, -0.05) is 38.4 Å². The fraction of sp³-hybridized carbons (Fsp3) is 0.739. The van der Waals surface area contributed by atoms with Crippen LogP contribution < -0.4 is 17.3 Å². The van der Waals surface area contributed by atoms with Gasteiger partial charge in [0.15, 0.2) is 0 Å². The summed E-state index contributed by atoms with van der Waals surface area (Å²) in [6.45, 7) is 12.1. The highest BCUT2D eigenvalue weighted by atomic mass is 35.5. The van der Waals surface area contributed by atoms with E-state index in [9.17, 15) is 5.11 Å². The Hall–Kier alpha value is -0.520. The van der Waals surface area contributed by atoms with Gasteiger partial charge in [0.05, 0.1) is 18.8 Å². The topological polar surface area (TPSA) is 35.9 Å². The highest BCUT2D eigenvalue weighted by Crippen LogP contribution is 2.63. The maximum absolute atomic E-state index is 10.6. The van der Waals surface area contributed by atoms with Crippen molar-refractivity contribution in [3.05, 3.63) is 29.3 Å². The third kappa shape index (κ3) is 4.72. The number of piperazine rings is 1. The second kappa shape index (κ2) is 8.92. The number of fused-ring (bicyclic) bond motifs is 2. The predicted molar refractivity (Wildman–Crippen MR) is 115 cm³/mol. The van der Waals surface area contributed by atoms with Crippen molar-refractivity contribution in [2.24, 2.45) is 16.7 Å². The highest BCUT2D eigenvalue weighted by Gasteiger charge is 2.60. The molecule has 1 aromatic carbocycles. The normalized spacial score (nSPS) is 32.2. The van der Waals surface area contributed by atoms with Crippen LogP contribution in [-0.4, -0.2) is 61.5 Å². The minimum Gasteiger partial charge on any atom is -1.00 e. The Morgan fingerprint density at radius 3 is 2.55 bits per heavy atom. The molecule has 164 valence electrons. The van der Waals surface area contributed by atoms with Crippen molar-refractivity contribution in [2.45, 2.75) is 52.2 Å². The van der Waals surface area contributed by atoms with Gasteiger partial charge in [0, 0.05) is 43.4 Å². The van der Waals surface area contributed by atoms with Crippen molar-refractivity contribution in [3.63, 3.8) is 0 Å². The molecular weight excluding hydrogens is 407 g/mol. The van der Waals surface area contributed by atoms with Crippen molar-refractivity contribution < 1.29 is 22.3 Å². The first-order valence-electron chi connectivity index (χ1n) is 10.8. The molecule has 4 rings (SSSR count). The van der Waals surface area contributed by atoms with E-state index in [0.29, 0.717) is 18.6 Å². The van der Waals surface area contributed by atoms with Gasteiger partial charge in [0.25, 0.3) is 0 Å². The summed E-state index contributed by atoms with van der Waals surface area (Å²) >= 11 is 6.12. The molecule has 4 unspecified atom stereocenters. The molecule has 1 saturated heterocycles. The van der Waals surface area contributed by atoms with E-state index in [1.54, 1.807) is 0 Å². The fourth-order valence-electron chi connectivity index (χ4n) is 6.09. The van der Waals surface area contributed by atoms with E-state index in [1.807, 2.05) is 18.2 Å². The van der Waals surface area contributed by atoms with Gasteiger partial charge in [-0.3, -0.25) is 4.90 Å². The van der Waals surface area contributed by atoms with Gasteiger partial charge >= 0.3 is 0 Å². The van der Waals surface area contributed by atoms with Crippen molar-refractivity contribution in [1.82, 2.24) is 4.90 Å². The Morgan fingerprint density at radius 1 is 1.21 bits per heavy atom. The van der Waals surface area contributed by atoms with Crippen molar-refractivity contribution in [2.75, 3.05) is 44.2 Å². The lowest BCUT2D eigenvalue weighted by Gasteiger charge is -2.43. The molecule has 6 heteroatoms. The van der Waals surface area contributed by atoms with Crippen LogP contribution in [0.4, 0.5) is 5.69 Å². The number of hydrogen-bond acceptors (Lipinski definition) is 4. The summed E-state index contributed by atoms with van der Waals surface area (Å²) in [5.74, 6) is 0.777. The van der Waals surface area contributed by atoms with Crippen molar-refractivity contribution >= 4 is 17.3 Å². The number of β-amino-alcohol motifs (C(OH)–C–C–N with tert-alkyl or cyclic N) is 1. The van der Waals surface area contributed by atoms with Crippen LogP contribution in [0.2, 0.25) is 5.02 Å². The molecule has 1 N–H and O–H groups in total. The SMILES string of the molecule is CC12CCC(C1)C(C)(C)C2OCC(O)CN1CCN(c2cccc(Cl)c2)CC1.[Cl-]. The summed E-state index contributed by atoms with van der Waals surface area (Å²) in [6.07, 6.45) is 3.74. The average Bonchev–Trinajstić information content (AvgIpc) is 3.13.